The highest BCUT2D eigenvalue weighted by Gasteiger charge is 2.13. The zero-order valence-corrected chi connectivity index (χ0v) is 11.9. The van der Waals surface area contributed by atoms with Crippen LogP contribution in [0.5, 0.6) is 0 Å². The Bertz CT molecular complexity index is 733. The van der Waals surface area contributed by atoms with Gasteiger partial charge in [-0.15, -0.1) is 0 Å². The fraction of sp³-hybridized carbons (Fsp3) is 0.188. The molecule has 21 heavy (non-hydrogen) atoms. The van der Waals surface area contributed by atoms with Crippen molar-refractivity contribution in [2.75, 3.05) is 5.32 Å². The van der Waals surface area contributed by atoms with Gasteiger partial charge in [-0.2, -0.15) is 5.26 Å². The van der Waals surface area contributed by atoms with Gasteiger partial charge in [0.05, 0.1) is 16.2 Å². The second-order valence-corrected chi connectivity index (χ2v) is 4.78. The molecular weight excluding hydrogens is 266 g/mol. The third-order valence-electron chi connectivity index (χ3n) is 3.46. The standard InChI is InChI=1S/C16H15N3O2/c1-11-5-3-6-13(9-17)16(11)18-10-14-7-4-8-15(12(14)2)19(20)21/h3-8,18H,10H2,1-2H3. The molecule has 0 spiro atoms. The molecule has 5 heteroatoms. The first-order chi connectivity index (χ1) is 10.0. The average molecular weight is 281 g/mol. The fourth-order valence-electron chi connectivity index (χ4n) is 2.24. The van der Waals surface area contributed by atoms with Gasteiger partial charge in [-0.1, -0.05) is 24.3 Å². The summed E-state index contributed by atoms with van der Waals surface area (Å²) >= 11 is 0. The molecule has 5 nitrogen and oxygen atoms in total. The third kappa shape index (κ3) is 3.00. The molecule has 0 unspecified atom stereocenters. The number of benzene rings is 2. The molecule has 0 bridgehead atoms. The van der Waals surface area contributed by atoms with Gasteiger partial charge in [0.25, 0.3) is 5.69 Å². The number of hydrogen-bond acceptors (Lipinski definition) is 4. The van der Waals surface area contributed by atoms with Crippen LogP contribution in [0, 0.1) is 35.3 Å². The number of rotatable bonds is 4. The van der Waals surface area contributed by atoms with Gasteiger partial charge in [0, 0.05) is 18.2 Å². The predicted octanol–water partition coefficient (Wildman–Crippen LogP) is 3.70. The molecule has 1 N–H and O–H groups in total. The quantitative estimate of drug-likeness (QED) is 0.684. The van der Waals surface area contributed by atoms with E-state index in [2.05, 4.69) is 11.4 Å². The van der Waals surface area contributed by atoms with Crippen molar-refractivity contribution in [1.82, 2.24) is 0 Å². The fourth-order valence-corrected chi connectivity index (χ4v) is 2.24. The van der Waals surface area contributed by atoms with Gasteiger partial charge in [-0.3, -0.25) is 10.1 Å². The molecule has 0 aliphatic carbocycles. The molecule has 0 radical (unpaired) electrons. The molecule has 0 fully saturated rings. The Labute approximate surface area is 123 Å². The van der Waals surface area contributed by atoms with Crippen molar-refractivity contribution in [3.8, 4) is 6.07 Å². The molecule has 2 aromatic carbocycles. The molecule has 0 amide bonds. The molecule has 0 heterocycles. The smallest absolute Gasteiger partial charge is 0.272 e. The highest BCUT2D eigenvalue weighted by atomic mass is 16.6. The minimum absolute atomic E-state index is 0.111. The van der Waals surface area contributed by atoms with Gasteiger partial charge in [0.15, 0.2) is 0 Å². The zero-order valence-electron chi connectivity index (χ0n) is 11.9. The minimum Gasteiger partial charge on any atom is -0.380 e. The maximum absolute atomic E-state index is 10.9. The van der Waals surface area contributed by atoms with Crippen molar-refractivity contribution in [1.29, 1.82) is 5.26 Å². The Morgan fingerprint density at radius 1 is 1.24 bits per heavy atom. The Balaban J connectivity index is 2.28. The van der Waals surface area contributed by atoms with E-state index in [1.807, 2.05) is 25.1 Å². The molecule has 0 saturated carbocycles. The second kappa shape index (κ2) is 6.06. The molecule has 0 aliphatic heterocycles. The Morgan fingerprint density at radius 2 is 1.95 bits per heavy atom. The summed E-state index contributed by atoms with van der Waals surface area (Å²) in [5, 5.41) is 23.3. The lowest BCUT2D eigenvalue weighted by Crippen LogP contribution is -2.05. The van der Waals surface area contributed by atoms with Crippen molar-refractivity contribution in [2.45, 2.75) is 20.4 Å². The van der Waals surface area contributed by atoms with Crippen molar-refractivity contribution in [3.63, 3.8) is 0 Å². The van der Waals surface area contributed by atoms with Gasteiger partial charge in [-0.25, -0.2) is 0 Å². The van der Waals surface area contributed by atoms with E-state index in [0.29, 0.717) is 17.7 Å². The summed E-state index contributed by atoms with van der Waals surface area (Å²) in [6.45, 7) is 4.09. The maximum atomic E-state index is 10.9. The number of nitrogens with zero attached hydrogens (tertiary/aromatic N) is 2. The molecule has 2 aromatic rings. The first-order valence-electron chi connectivity index (χ1n) is 6.51. The number of para-hydroxylation sites is 1. The van der Waals surface area contributed by atoms with Gasteiger partial charge >= 0.3 is 0 Å². The first-order valence-corrected chi connectivity index (χ1v) is 6.51. The molecular formula is C16H15N3O2. The topological polar surface area (TPSA) is 79.0 Å². The summed E-state index contributed by atoms with van der Waals surface area (Å²) in [6.07, 6.45) is 0. The van der Waals surface area contributed by atoms with Crippen LogP contribution in [0.3, 0.4) is 0 Å². The average Bonchev–Trinajstić information content (AvgIpc) is 2.46. The normalized spacial score (nSPS) is 9.95. The third-order valence-corrected chi connectivity index (χ3v) is 3.46. The monoisotopic (exact) mass is 281 g/mol. The van der Waals surface area contributed by atoms with Gasteiger partial charge in [0.1, 0.15) is 6.07 Å². The molecule has 2 rings (SSSR count). The van der Waals surface area contributed by atoms with Gasteiger partial charge < -0.3 is 5.32 Å². The first kappa shape index (κ1) is 14.5. The van der Waals surface area contributed by atoms with E-state index in [1.54, 1.807) is 19.1 Å². The summed E-state index contributed by atoms with van der Waals surface area (Å²) < 4.78 is 0. The predicted molar refractivity (Wildman–Crippen MR) is 81.1 cm³/mol. The molecule has 0 aromatic heterocycles. The zero-order chi connectivity index (χ0) is 15.4. The number of hydrogen-bond donors (Lipinski definition) is 1. The van der Waals surface area contributed by atoms with E-state index in [9.17, 15) is 10.1 Å². The lowest BCUT2D eigenvalue weighted by molar-refractivity contribution is -0.385. The van der Waals surface area contributed by atoms with E-state index in [1.165, 1.54) is 6.07 Å². The van der Waals surface area contributed by atoms with Crippen LogP contribution in [0.4, 0.5) is 11.4 Å². The highest BCUT2D eigenvalue weighted by Crippen LogP contribution is 2.24. The van der Waals surface area contributed by atoms with E-state index in [0.717, 1.165) is 16.8 Å². The number of nitro benzene ring substituents is 1. The van der Waals surface area contributed by atoms with E-state index >= 15 is 0 Å². The van der Waals surface area contributed by atoms with Crippen LogP contribution >= 0.6 is 0 Å². The molecule has 0 saturated heterocycles. The van der Waals surface area contributed by atoms with E-state index < -0.39 is 0 Å². The summed E-state index contributed by atoms with van der Waals surface area (Å²) in [5.74, 6) is 0. The summed E-state index contributed by atoms with van der Waals surface area (Å²) in [6, 6.07) is 12.7. The van der Waals surface area contributed by atoms with Crippen LogP contribution in [0.15, 0.2) is 36.4 Å². The molecule has 0 atom stereocenters. The van der Waals surface area contributed by atoms with Gasteiger partial charge in [-0.05, 0) is 31.0 Å². The highest BCUT2D eigenvalue weighted by molar-refractivity contribution is 5.62. The summed E-state index contributed by atoms with van der Waals surface area (Å²) in [7, 11) is 0. The van der Waals surface area contributed by atoms with Crippen molar-refractivity contribution >= 4 is 11.4 Å². The van der Waals surface area contributed by atoms with Crippen LogP contribution in [-0.2, 0) is 6.54 Å². The van der Waals surface area contributed by atoms with Crippen LogP contribution in [0.25, 0.3) is 0 Å². The minimum atomic E-state index is -0.382. The van der Waals surface area contributed by atoms with Crippen LogP contribution in [-0.4, -0.2) is 4.92 Å². The number of aryl methyl sites for hydroxylation is 1. The Kier molecular flexibility index (Phi) is 4.19. The van der Waals surface area contributed by atoms with Crippen LogP contribution in [0.1, 0.15) is 22.3 Å². The number of nitrogens with one attached hydrogen (secondary N) is 1. The lowest BCUT2D eigenvalue weighted by Gasteiger charge is -2.12. The Morgan fingerprint density at radius 3 is 2.62 bits per heavy atom. The second-order valence-electron chi connectivity index (χ2n) is 4.78. The number of anilines is 1. The van der Waals surface area contributed by atoms with Crippen LogP contribution in [0.2, 0.25) is 0 Å². The SMILES string of the molecule is Cc1cccc(C#N)c1NCc1cccc([N+](=O)[O-])c1C. The van der Waals surface area contributed by atoms with E-state index in [4.69, 9.17) is 5.26 Å². The maximum Gasteiger partial charge on any atom is 0.272 e. The van der Waals surface area contributed by atoms with Crippen LogP contribution < -0.4 is 5.32 Å². The largest absolute Gasteiger partial charge is 0.380 e. The summed E-state index contributed by atoms with van der Waals surface area (Å²) in [5.41, 5.74) is 3.90. The number of nitriles is 1. The van der Waals surface area contributed by atoms with Crippen molar-refractivity contribution < 1.29 is 4.92 Å². The number of nitro groups is 1. The summed E-state index contributed by atoms with van der Waals surface area (Å²) in [4.78, 5) is 10.6. The molecule has 106 valence electrons. The van der Waals surface area contributed by atoms with E-state index in [-0.39, 0.29) is 10.6 Å². The molecule has 0 aliphatic rings. The lowest BCUT2D eigenvalue weighted by atomic mass is 10.1. The van der Waals surface area contributed by atoms with Crippen molar-refractivity contribution in [2.24, 2.45) is 0 Å². The Hall–Kier alpha value is -2.87. The van der Waals surface area contributed by atoms with Crippen molar-refractivity contribution in [3.05, 3.63) is 68.8 Å². The van der Waals surface area contributed by atoms with Gasteiger partial charge in [0.2, 0.25) is 0 Å².